The van der Waals surface area contributed by atoms with Gasteiger partial charge in [0.2, 0.25) is 11.9 Å². The molecule has 5 heteroatoms. The van der Waals surface area contributed by atoms with Crippen molar-refractivity contribution in [1.29, 1.82) is 0 Å². The van der Waals surface area contributed by atoms with Crippen LogP contribution in [0.4, 0.5) is 23.3 Å². The van der Waals surface area contributed by atoms with Crippen molar-refractivity contribution < 1.29 is 0 Å². The number of aromatic nitrogens is 3. The Kier molecular flexibility index (Phi) is 93.8. The fourth-order valence-electron chi connectivity index (χ4n) is 23.0. The van der Waals surface area contributed by atoms with E-state index in [0.717, 1.165) is 48.2 Å². The standard InChI is InChI=1S/C136H246N5/c1-8-14-20-26-32-38-44-50-56-62-68-74-80-86-92-98-104-110-126-120-130(121-127(111-105-99-93-87-81-75-69-63-57-51-45-39-33-27-21-15-9-2)132(126)114-108-102-96-90-84-78-72-66-60-54-48-42-36-30-24-18-12-5)137-135-139-134(125-118-116-124(7)117-119-125)140-136(141-135)138-131-122-128(112-106-100-94-88-82-76-70-64-58-52-46-40-34-28-22-16-10-3)133(115-109-103-97-91-85-79-73-67-61-55-49-43-37-31-25-19-13-6)129(123-131)113-107-101-95-89-83-77-71-65-59-53-47-41-35-29-23-17-11-4/h116-123H,7-115H2,1-6H3,(H2,137,138,139,140,141). The van der Waals surface area contributed by atoms with E-state index < -0.39 is 0 Å². The summed E-state index contributed by atoms with van der Waals surface area (Å²) < 4.78 is 0. The fraction of sp³-hybridized carbons (Fsp3) is 0.838. The van der Waals surface area contributed by atoms with E-state index in [9.17, 15) is 0 Å². The van der Waals surface area contributed by atoms with Crippen molar-refractivity contribution in [1.82, 2.24) is 15.0 Å². The van der Waals surface area contributed by atoms with Gasteiger partial charge in [0, 0.05) is 16.9 Å². The lowest BCUT2D eigenvalue weighted by Crippen LogP contribution is -2.09. The summed E-state index contributed by atoms with van der Waals surface area (Å²) in [5, 5.41) is 8.06. The smallest absolute Gasteiger partial charge is 0.232 e. The highest BCUT2D eigenvalue weighted by molar-refractivity contribution is 5.66. The molecule has 0 bridgehead atoms. The first-order valence-electron chi connectivity index (χ1n) is 65.4. The summed E-state index contributed by atoms with van der Waals surface area (Å²) in [7, 11) is 0. The van der Waals surface area contributed by atoms with Crippen molar-refractivity contribution >= 4 is 23.3 Å². The van der Waals surface area contributed by atoms with Gasteiger partial charge < -0.3 is 10.6 Å². The number of benzene rings is 3. The van der Waals surface area contributed by atoms with Crippen molar-refractivity contribution in [3.8, 4) is 11.4 Å². The highest BCUT2D eigenvalue weighted by Gasteiger charge is 2.19. The van der Waals surface area contributed by atoms with Crippen LogP contribution in [0.3, 0.4) is 0 Å². The molecule has 1 heterocycles. The molecular formula is C136H246N5. The summed E-state index contributed by atoms with van der Waals surface area (Å²) in [5.41, 5.74) is 14.1. The third kappa shape index (κ3) is 79.1. The van der Waals surface area contributed by atoms with E-state index in [0.29, 0.717) is 17.7 Å². The number of unbranched alkanes of at least 4 members (excludes halogenated alkanes) is 96. The topological polar surface area (TPSA) is 62.7 Å². The van der Waals surface area contributed by atoms with Crippen LogP contribution in [0, 0.1) is 6.92 Å². The Morgan fingerprint density at radius 3 is 0.447 bits per heavy atom. The van der Waals surface area contributed by atoms with Crippen LogP contribution in [0.15, 0.2) is 48.5 Å². The van der Waals surface area contributed by atoms with Gasteiger partial charge in [0.25, 0.3) is 0 Å². The van der Waals surface area contributed by atoms with Gasteiger partial charge in [0.05, 0.1) is 0 Å². The average molecular weight is 1950 g/mol. The molecule has 1 aromatic heterocycles. The summed E-state index contributed by atoms with van der Waals surface area (Å²) >= 11 is 0. The predicted octanol–water partition coefficient (Wildman–Crippen LogP) is 48.4. The molecule has 0 amide bonds. The molecule has 0 saturated carbocycles. The van der Waals surface area contributed by atoms with Crippen molar-refractivity contribution in [3.05, 3.63) is 94.4 Å². The minimum atomic E-state index is 0.637. The number of aryl methyl sites for hydroxylation is 4. The van der Waals surface area contributed by atoms with Crippen LogP contribution >= 0.6 is 0 Å². The first-order chi connectivity index (χ1) is 69.9. The van der Waals surface area contributed by atoms with E-state index in [1.165, 1.54) is 668 Å². The van der Waals surface area contributed by atoms with Crippen LogP contribution in [-0.2, 0) is 38.5 Å². The van der Waals surface area contributed by atoms with Gasteiger partial charge in [-0.1, -0.05) is 682 Å². The monoisotopic (exact) mass is 1950 g/mol. The van der Waals surface area contributed by atoms with Gasteiger partial charge >= 0.3 is 0 Å². The number of anilines is 4. The normalized spacial score (nSPS) is 11.7. The largest absolute Gasteiger partial charge is 0.324 e. The molecule has 0 unspecified atom stereocenters. The van der Waals surface area contributed by atoms with E-state index in [2.05, 4.69) is 108 Å². The molecule has 2 N–H and O–H groups in total. The Morgan fingerprint density at radius 2 is 0.298 bits per heavy atom. The van der Waals surface area contributed by atoms with Gasteiger partial charge in [0.1, 0.15) is 0 Å². The summed E-state index contributed by atoms with van der Waals surface area (Å²) in [6, 6.07) is 18.9. The number of nitrogens with zero attached hydrogens (tertiary/aromatic N) is 3. The van der Waals surface area contributed by atoms with Gasteiger partial charge in [-0.25, -0.2) is 0 Å². The molecule has 0 aliphatic carbocycles. The Morgan fingerprint density at radius 1 is 0.163 bits per heavy atom. The van der Waals surface area contributed by atoms with E-state index >= 15 is 0 Å². The third-order valence-corrected chi connectivity index (χ3v) is 32.5. The van der Waals surface area contributed by atoms with Crippen LogP contribution < -0.4 is 10.6 Å². The maximum Gasteiger partial charge on any atom is 0.232 e. The van der Waals surface area contributed by atoms with Gasteiger partial charge in [-0.15, -0.1) is 0 Å². The molecule has 0 fully saturated rings. The highest BCUT2D eigenvalue weighted by Crippen LogP contribution is 2.35. The minimum Gasteiger partial charge on any atom is -0.324 e. The zero-order valence-corrected chi connectivity index (χ0v) is 96.5. The van der Waals surface area contributed by atoms with E-state index in [4.69, 9.17) is 15.0 Å². The lowest BCUT2D eigenvalue weighted by Gasteiger charge is -2.20. The summed E-state index contributed by atoms with van der Waals surface area (Å²) in [5.74, 6) is 1.98. The molecule has 0 aliphatic rings. The van der Waals surface area contributed by atoms with Crippen molar-refractivity contribution in [2.45, 2.75) is 735 Å². The predicted molar refractivity (Wildman–Crippen MR) is 636 cm³/mol. The molecule has 5 nitrogen and oxygen atoms in total. The molecule has 141 heavy (non-hydrogen) atoms. The summed E-state index contributed by atoms with van der Waals surface area (Å²) in [6.07, 6.45) is 151. The lowest BCUT2D eigenvalue weighted by atomic mass is 9.89. The molecule has 0 saturated heterocycles. The molecule has 815 valence electrons. The molecular weight excluding hydrogens is 1700 g/mol. The summed E-state index contributed by atoms with van der Waals surface area (Å²) in [4.78, 5) is 16.4. The number of hydrogen-bond donors (Lipinski definition) is 2. The van der Waals surface area contributed by atoms with Crippen molar-refractivity contribution in [2.75, 3.05) is 10.6 Å². The van der Waals surface area contributed by atoms with Crippen LogP contribution in [0.2, 0.25) is 0 Å². The second kappa shape index (κ2) is 102. The zero-order valence-electron chi connectivity index (χ0n) is 96.5. The highest BCUT2D eigenvalue weighted by atomic mass is 15.2. The molecule has 0 spiro atoms. The Labute approximate surface area is 883 Å². The van der Waals surface area contributed by atoms with Crippen LogP contribution in [0.1, 0.15) is 735 Å². The van der Waals surface area contributed by atoms with E-state index in [1.54, 1.807) is 33.4 Å². The fourth-order valence-corrected chi connectivity index (χ4v) is 23.0. The Balaban J connectivity index is 1.68. The van der Waals surface area contributed by atoms with Crippen molar-refractivity contribution in [2.24, 2.45) is 0 Å². The van der Waals surface area contributed by atoms with Gasteiger partial charge in [-0.3, -0.25) is 0 Å². The van der Waals surface area contributed by atoms with E-state index in [-0.39, 0.29) is 0 Å². The second-order valence-corrected chi connectivity index (χ2v) is 46.2. The van der Waals surface area contributed by atoms with Crippen LogP contribution in [0.25, 0.3) is 11.4 Å². The number of rotatable bonds is 113. The van der Waals surface area contributed by atoms with Gasteiger partial charge in [-0.05, 0) is 147 Å². The molecule has 0 aliphatic heterocycles. The number of hydrogen-bond acceptors (Lipinski definition) is 5. The second-order valence-electron chi connectivity index (χ2n) is 46.2. The molecule has 4 aromatic rings. The van der Waals surface area contributed by atoms with Crippen LogP contribution in [-0.4, -0.2) is 15.0 Å². The maximum atomic E-state index is 5.53. The number of nitrogens with one attached hydrogen (secondary N) is 2. The Hall–Kier alpha value is -3.73. The lowest BCUT2D eigenvalue weighted by molar-refractivity contribution is 0.525. The third-order valence-electron chi connectivity index (χ3n) is 32.5. The Bertz CT molecular complexity index is 2910. The van der Waals surface area contributed by atoms with Gasteiger partial charge in [0.15, 0.2) is 5.82 Å². The molecule has 1 radical (unpaired) electrons. The SMILES string of the molecule is [CH2]c1ccc(-c2nc(Nc3cc(CCCCCCCCCCCCCCCCCCC)c(CCCCCCCCCCCCCCCCCCC)c(CCCCCCCCCCCCCCCCCCC)c3)nc(Nc3cc(CCCCCCCCCCCCCCCCCCC)c(CCCCCCCCCCCCCCCCCCC)c(CCCCCCCCCCCCCCCCCCC)c3)n2)cc1. The van der Waals surface area contributed by atoms with E-state index in [1.807, 2.05) is 0 Å². The maximum absolute atomic E-state index is 5.53. The minimum absolute atomic E-state index is 0.637. The first-order valence-corrected chi connectivity index (χ1v) is 65.4. The quantitative estimate of drug-likeness (QED) is 0.0431. The molecule has 4 rings (SSSR count). The first kappa shape index (κ1) is 130. The van der Waals surface area contributed by atoms with Crippen molar-refractivity contribution in [3.63, 3.8) is 0 Å². The molecule has 0 atom stereocenters. The molecule has 3 aromatic carbocycles. The van der Waals surface area contributed by atoms with Crippen LogP contribution in [0.5, 0.6) is 0 Å². The summed E-state index contributed by atoms with van der Waals surface area (Å²) in [6.45, 7) is 18.4. The average Bonchev–Trinajstić information content (AvgIpc) is 0.803. The van der Waals surface area contributed by atoms with Gasteiger partial charge in [-0.2, -0.15) is 15.0 Å². The zero-order chi connectivity index (χ0) is 100.